The first-order valence-electron chi connectivity index (χ1n) is 6.57. The molecule has 1 aliphatic heterocycles. The van der Waals surface area contributed by atoms with Crippen LogP contribution in [0.3, 0.4) is 0 Å². The van der Waals surface area contributed by atoms with Gasteiger partial charge in [-0.2, -0.15) is 0 Å². The van der Waals surface area contributed by atoms with E-state index in [9.17, 15) is 8.42 Å². The van der Waals surface area contributed by atoms with E-state index < -0.39 is 9.84 Å². The summed E-state index contributed by atoms with van der Waals surface area (Å²) in [6.07, 6.45) is 6.16. The van der Waals surface area contributed by atoms with Crippen molar-refractivity contribution in [2.45, 2.75) is 49.5 Å². The summed E-state index contributed by atoms with van der Waals surface area (Å²) in [5.41, 5.74) is 0.895. The second-order valence-electron chi connectivity index (χ2n) is 5.10. The maximum absolute atomic E-state index is 12.3. The average Bonchev–Trinajstić information content (AvgIpc) is 2.63. The monoisotopic (exact) mass is 263 g/mol. The van der Waals surface area contributed by atoms with Crippen molar-refractivity contribution in [2.75, 3.05) is 0 Å². The van der Waals surface area contributed by atoms with E-state index in [1.807, 2.05) is 12.1 Å². The van der Waals surface area contributed by atoms with Crippen molar-refractivity contribution in [1.82, 2.24) is 0 Å². The van der Waals surface area contributed by atoms with Gasteiger partial charge in [0.25, 0.3) is 0 Å². The standard InChI is InChI=1S/C14H17NO2S/c16-18(17)13-9-5-4-6-11(13)10-14(18)15-12-7-2-1-3-8-12/h4-6,9,12H,1-3,7-8,10H2. The molecule has 0 bridgehead atoms. The zero-order valence-electron chi connectivity index (χ0n) is 10.3. The molecule has 1 fully saturated rings. The van der Waals surface area contributed by atoms with Gasteiger partial charge in [0, 0.05) is 6.42 Å². The van der Waals surface area contributed by atoms with E-state index in [1.165, 1.54) is 19.3 Å². The first-order valence-corrected chi connectivity index (χ1v) is 8.06. The molecule has 0 atom stereocenters. The van der Waals surface area contributed by atoms with Crippen molar-refractivity contribution in [3.05, 3.63) is 29.8 Å². The van der Waals surface area contributed by atoms with E-state index in [2.05, 4.69) is 4.99 Å². The molecule has 18 heavy (non-hydrogen) atoms. The fraction of sp³-hybridized carbons (Fsp3) is 0.500. The molecule has 0 saturated heterocycles. The number of rotatable bonds is 1. The largest absolute Gasteiger partial charge is 0.274 e. The number of aliphatic imine (C=N–C) groups is 1. The van der Waals surface area contributed by atoms with Crippen LogP contribution in [0.5, 0.6) is 0 Å². The number of sulfone groups is 1. The van der Waals surface area contributed by atoms with Gasteiger partial charge in [-0.25, -0.2) is 8.42 Å². The molecule has 0 amide bonds. The van der Waals surface area contributed by atoms with E-state index in [-0.39, 0.29) is 6.04 Å². The molecule has 3 nitrogen and oxygen atoms in total. The molecule has 1 aromatic carbocycles. The highest BCUT2D eigenvalue weighted by Crippen LogP contribution is 2.29. The molecule has 0 aromatic heterocycles. The number of hydrogen-bond donors (Lipinski definition) is 0. The number of benzene rings is 1. The molecule has 1 heterocycles. The van der Waals surface area contributed by atoms with Gasteiger partial charge < -0.3 is 0 Å². The van der Waals surface area contributed by atoms with Gasteiger partial charge in [0.2, 0.25) is 9.84 Å². The lowest BCUT2D eigenvalue weighted by atomic mass is 9.96. The quantitative estimate of drug-likeness (QED) is 0.782. The SMILES string of the molecule is O=S1(=O)C(=NC2CCCCC2)Cc2ccccc21. The Morgan fingerprint density at radius 1 is 1.06 bits per heavy atom. The van der Waals surface area contributed by atoms with Gasteiger partial charge in [0.1, 0.15) is 5.04 Å². The van der Waals surface area contributed by atoms with Crippen LogP contribution in [0.2, 0.25) is 0 Å². The van der Waals surface area contributed by atoms with Crippen molar-refractivity contribution in [3.8, 4) is 0 Å². The molecule has 4 heteroatoms. The Bertz CT molecular complexity index is 584. The predicted molar refractivity (Wildman–Crippen MR) is 71.6 cm³/mol. The fourth-order valence-electron chi connectivity index (χ4n) is 2.83. The third kappa shape index (κ3) is 1.99. The van der Waals surface area contributed by atoms with E-state index in [0.717, 1.165) is 18.4 Å². The van der Waals surface area contributed by atoms with Gasteiger partial charge in [-0.1, -0.05) is 37.5 Å². The van der Waals surface area contributed by atoms with E-state index in [1.54, 1.807) is 12.1 Å². The Hall–Kier alpha value is -1.16. The highest BCUT2D eigenvalue weighted by Gasteiger charge is 2.33. The number of fused-ring (bicyclic) bond motifs is 1. The van der Waals surface area contributed by atoms with Crippen LogP contribution in [-0.2, 0) is 16.3 Å². The Kier molecular flexibility index (Phi) is 2.98. The van der Waals surface area contributed by atoms with Crippen LogP contribution < -0.4 is 0 Å². The molecule has 1 aromatic rings. The normalized spacial score (nSPS) is 25.2. The molecular formula is C14H17NO2S. The minimum atomic E-state index is -3.30. The van der Waals surface area contributed by atoms with Gasteiger partial charge in [-0.05, 0) is 24.5 Å². The van der Waals surface area contributed by atoms with Crippen LogP contribution in [0, 0.1) is 0 Å². The third-order valence-electron chi connectivity index (χ3n) is 3.82. The molecule has 2 aliphatic rings. The molecule has 0 unspecified atom stereocenters. The Morgan fingerprint density at radius 3 is 2.50 bits per heavy atom. The molecular weight excluding hydrogens is 246 g/mol. The van der Waals surface area contributed by atoms with Crippen molar-refractivity contribution in [2.24, 2.45) is 4.99 Å². The fourth-order valence-corrected chi connectivity index (χ4v) is 4.46. The van der Waals surface area contributed by atoms with Gasteiger partial charge in [-0.15, -0.1) is 0 Å². The van der Waals surface area contributed by atoms with E-state index in [4.69, 9.17) is 0 Å². The highest BCUT2D eigenvalue weighted by molar-refractivity contribution is 8.06. The van der Waals surface area contributed by atoms with Crippen LogP contribution in [0.1, 0.15) is 37.7 Å². The maximum atomic E-state index is 12.3. The van der Waals surface area contributed by atoms with Gasteiger partial charge in [0.15, 0.2) is 0 Å². The van der Waals surface area contributed by atoms with Gasteiger partial charge >= 0.3 is 0 Å². The Morgan fingerprint density at radius 2 is 1.78 bits per heavy atom. The van der Waals surface area contributed by atoms with Crippen LogP contribution in [0.4, 0.5) is 0 Å². The summed E-state index contributed by atoms with van der Waals surface area (Å²) in [5.74, 6) is 0. The van der Waals surface area contributed by atoms with Gasteiger partial charge in [0.05, 0.1) is 10.9 Å². The second-order valence-corrected chi connectivity index (χ2v) is 7.02. The van der Waals surface area contributed by atoms with Crippen LogP contribution in [0.25, 0.3) is 0 Å². The first-order chi connectivity index (χ1) is 8.68. The summed E-state index contributed by atoms with van der Waals surface area (Å²) >= 11 is 0. The molecule has 0 radical (unpaired) electrons. The second kappa shape index (κ2) is 4.50. The summed E-state index contributed by atoms with van der Waals surface area (Å²) in [4.78, 5) is 4.99. The van der Waals surface area contributed by atoms with Gasteiger partial charge in [-0.3, -0.25) is 4.99 Å². The molecule has 96 valence electrons. The van der Waals surface area contributed by atoms with Crippen molar-refractivity contribution < 1.29 is 8.42 Å². The topological polar surface area (TPSA) is 46.5 Å². The molecule has 0 N–H and O–H groups in total. The number of hydrogen-bond acceptors (Lipinski definition) is 3. The lowest BCUT2D eigenvalue weighted by Gasteiger charge is -2.18. The highest BCUT2D eigenvalue weighted by atomic mass is 32.2. The average molecular weight is 263 g/mol. The summed E-state index contributed by atoms with van der Waals surface area (Å²) in [5, 5.41) is 0.385. The van der Waals surface area contributed by atoms with Crippen LogP contribution in [-0.4, -0.2) is 19.5 Å². The van der Waals surface area contributed by atoms with Crippen molar-refractivity contribution >= 4 is 14.9 Å². The van der Waals surface area contributed by atoms with Crippen LogP contribution in [0.15, 0.2) is 34.2 Å². The van der Waals surface area contributed by atoms with Crippen molar-refractivity contribution in [1.29, 1.82) is 0 Å². The summed E-state index contributed by atoms with van der Waals surface area (Å²) in [6, 6.07) is 7.46. The maximum Gasteiger partial charge on any atom is 0.220 e. The smallest absolute Gasteiger partial charge is 0.220 e. The summed E-state index contributed by atoms with van der Waals surface area (Å²) in [6.45, 7) is 0. The third-order valence-corrected chi connectivity index (χ3v) is 5.66. The minimum absolute atomic E-state index is 0.220. The minimum Gasteiger partial charge on any atom is -0.274 e. The number of nitrogens with zero attached hydrogens (tertiary/aromatic N) is 1. The van der Waals surface area contributed by atoms with E-state index >= 15 is 0 Å². The predicted octanol–water partition coefficient (Wildman–Crippen LogP) is 2.75. The molecule has 3 rings (SSSR count). The van der Waals surface area contributed by atoms with Crippen molar-refractivity contribution in [3.63, 3.8) is 0 Å². The van der Waals surface area contributed by atoms with Crippen LogP contribution >= 0.6 is 0 Å². The lowest BCUT2D eigenvalue weighted by molar-refractivity contribution is 0.443. The molecule has 1 saturated carbocycles. The first kappa shape index (κ1) is 11.9. The summed E-state index contributed by atoms with van der Waals surface area (Å²) < 4.78 is 24.7. The Labute approximate surface area is 108 Å². The zero-order valence-corrected chi connectivity index (χ0v) is 11.1. The molecule has 0 spiro atoms. The summed E-state index contributed by atoms with van der Waals surface area (Å²) in [7, 11) is -3.30. The van der Waals surface area contributed by atoms with E-state index in [0.29, 0.717) is 16.4 Å². The lowest BCUT2D eigenvalue weighted by Crippen LogP contribution is -2.17. The molecule has 1 aliphatic carbocycles. The zero-order chi connectivity index (χ0) is 12.6. The Balaban J connectivity index is 1.94.